The number of phenolic OH excluding ortho intramolecular Hbond substituents is 2. The lowest BCUT2D eigenvalue weighted by atomic mass is 10.2. The van der Waals surface area contributed by atoms with Crippen molar-refractivity contribution in [3.63, 3.8) is 0 Å². The van der Waals surface area contributed by atoms with Crippen molar-refractivity contribution in [2.24, 2.45) is 0 Å². The van der Waals surface area contributed by atoms with Crippen LogP contribution in [0.3, 0.4) is 0 Å². The number of nitrogens with zero attached hydrogens (tertiary/aromatic N) is 1. The van der Waals surface area contributed by atoms with Crippen LogP contribution in [0.2, 0.25) is 0 Å². The summed E-state index contributed by atoms with van der Waals surface area (Å²) in [6.07, 6.45) is 2.31. The van der Waals surface area contributed by atoms with Crippen molar-refractivity contribution in [3.05, 3.63) is 47.4 Å². The van der Waals surface area contributed by atoms with Crippen LogP contribution in [0.1, 0.15) is 6.92 Å². The second kappa shape index (κ2) is 12.4. The maximum atomic E-state index is 10.7. The minimum atomic E-state index is -4.57. The maximum absolute atomic E-state index is 10.7. The highest BCUT2D eigenvalue weighted by molar-refractivity contribution is 7.91. The molecule has 10 heteroatoms. The Morgan fingerprint density at radius 2 is 1.32 bits per heavy atom. The van der Waals surface area contributed by atoms with Gasteiger partial charge in [0.25, 0.3) is 10.1 Å². The third-order valence-electron chi connectivity index (χ3n) is 2.04. The Morgan fingerprint density at radius 3 is 1.60 bits per heavy atom. The molecule has 0 aromatic heterocycles. The second-order valence-electron chi connectivity index (χ2n) is 3.82. The highest BCUT2D eigenvalue weighted by atomic mass is 32.2. The van der Waals surface area contributed by atoms with E-state index in [-0.39, 0.29) is 11.5 Å². The van der Waals surface area contributed by atoms with E-state index in [1.165, 1.54) is 31.2 Å². The molecule has 1 aliphatic carbocycles. The summed E-state index contributed by atoms with van der Waals surface area (Å²) in [6.45, 7) is 1.43. The molecule has 0 fully saturated rings. The topological polar surface area (TPSA) is 173 Å². The van der Waals surface area contributed by atoms with Crippen molar-refractivity contribution in [1.29, 1.82) is 5.26 Å². The number of carbonyl (C=O) groups is 2. The van der Waals surface area contributed by atoms with Gasteiger partial charge in [-0.1, -0.05) is 0 Å². The Kier molecular flexibility index (Phi) is 12.1. The van der Waals surface area contributed by atoms with Crippen LogP contribution in [0.4, 0.5) is 0 Å². The summed E-state index contributed by atoms with van der Waals surface area (Å²) in [7, 11) is -3.57. The minimum Gasteiger partial charge on any atom is -0.508 e. The molecular weight excluding hydrogens is 354 g/mol. The number of allylic oxidation sites excluding steroid dienone is 4. The van der Waals surface area contributed by atoms with Gasteiger partial charge in [-0.25, -0.2) is 0 Å². The average Bonchev–Trinajstić information content (AvgIpc) is 2.55. The normalized spacial score (nSPS) is 12.0. The quantitative estimate of drug-likeness (QED) is 0.315. The fourth-order valence-corrected chi connectivity index (χ4v) is 1.73. The Morgan fingerprint density at radius 1 is 0.960 bits per heavy atom. The standard InChI is InChI=1S/C6H4O5S.C6H6O2.C2H3N.CH4O/c7-4-1-2-5(8)6(3-4)12(9,10)11;7-5-1-2-6(8)4-3-5;1-2-3;1-2/h1-3H,(H,9,10,11);1-4,7-8H;1H3;2H,1H3. The van der Waals surface area contributed by atoms with E-state index in [1.807, 2.05) is 0 Å². The van der Waals surface area contributed by atoms with Crippen molar-refractivity contribution < 1.29 is 37.9 Å². The van der Waals surface area contributed by atoms with Crippen LogP contribution >= 0.6 is 0 Å². The lowest BCUT2D eigenvalue weighted by molar-refractivity contribution is -0.114. The van der Waals surface area contributed by atoms with Crippen LogP contribution < -0.4 is 0 Å². The van der Waals surface area contributed by atoms with Crippen LogP contribution in [0.5, 0.6) is 11.5 Å². The molecule has 0 aliphatic heterocycles. The van der Waals surface area contributed by atoms with E-state index in [1.54, 1.807) is 6.07 Å². The molecule has 25 heavy (non-hydrogen) atoms. The van der Waals surface area contributed by atoms with E-state index in [0.29, 0.717) is 6.08 Å². The van der Waals surface area contributed by atoms with Crippen LogP contribution in [-0.4, -0.2) is 47.0 Å². The molecule has 0 bridgehead atoms. The monoisotopic (exact) mass is 371 g/mol. The summed E-state index contributed by atoms with van der Waals surface area (Å²) in [5, 5.41) is 31.6. The first-order valence-electron chi connectivity index (χ1n) is 6.31. The number of aromatic hydroxyl groups is 2. The Hall–Kier alpha value is -3.00. The zero-order valence-corrected chi connectivity index (χ0v) is 14.1. The highest BCUT2D eigenvalue weighted by Crippen LogP contribution is 2.13. The van der Waals surface area contributed by atoms with Crippen molar-refractivity contribution >= 4 is 21.7 Å². The molecule has 4 N–H and O–H groups in total. The second-order valence-corrected chi connectivity index (χ2v) is 5.21. The summed E-state index contributed by atoms with van der Waals surface area (Å²) < 4.78 is 29.3. The molecule has 0 radical (unpaired) electrons. The van der Waals surface area contributed by atoms with Crippen LogP contribution in [-0.2, 0) is 19.7 Å². The summed E-state index contributed by atoms with van der Waals surface area (Å²) in [5.74, 6) is -1.19. The Labute approximate surface area is 144 Å². The predicted molar refractivity (Wildman–Crippen MR) is 88.0 cm³/mol. The average molecular weight is 371 g/mol. The van der Waals surface area contributed by atoms with E-state index in [0.717, 1.165) is 19.3 Å². The first-order chi connectivity index (χ1) is 11.6. The van der Waals surface area contributed by atoms with Gasteiger partial charge in [0.05, 0.1) is 6.07 Å². The number of ketones is 2. The number of carbonyl (C=O) groups excluding carboxylic acids is 2. The largest absolute Gasteiger partial charge is 0.508 e. The summed E-state index contributed by atoms with van der Waals surface area (Å²) in [4.78, 5) is 20.4. The summed E-state index contributed by atoms with van der Waals surface area (Å²) >= 11 is 0. The predicted octanol–water partition coefficient (Wildman–Crippen LogP) is 0.702. The van der Waals surface area contributed by atoms with E-state index in [4.69, 9.17) is 25.1 Å². The van der Waals surface area contributed by atoms with Gasteiger partial charge in [-0.05, 0) is 36.4 Å². The van der Waals surface area contributed by atoms with Gasteiger partial charge in [0.1, 0.15) is 16.4 Å². The van der Waals surface area contributed by atoms with Crippen molar-refractivity contribution in [2.75, 3.05) is 7.11 Å². The van der Waals surface area contributed by atoms with Crippen LogP contribution in [0.25, 0.3) is 0 Å². The molecule has 0 unspecified atom stereocenters. The number of phenols is 2. The van der Waals surface area contributed by atoms with E-state index in [2.05, 4.69) is 0 Å². The molecule has 2 rings (SSSR count). The fourth-order valence-electron chi connectivity index (χ4n) is 1.14. The molecule has 0 saturated heterocycles. The number of rotatable bonds is 1. The number of hydrogen-bond donors (Lipinski definition) is 4. The SMILES string of the molecule is CC#N.CO.O=C1C=CC(=O)C(S(=O)(=O)O)=C1.Oc1ccc(O)cc1. The number of nitriles is 1. The summed E-state index contributed by atoms with van der Waals surface area (Å²) in [6, 6.07) is 7.45. The smallest absolute Gasteiger partial charge is 0.298 e. The maximum Gasteiger partial charge on any atom is 0.298 e. The number of aliphatic hydroxyl groups excluding tert-OH is 1. The highest BCUT2D eigenvalue weighted by Gasteiger charge is 2.23. The molecule has 1 aromatic rings. The van der Waals surface area contributed by atoms with E-state index < -0.39 is 26.6 Å². The van der Waals surface area contributed by atoms with Gasteiger partial charge >= 0.3 is 0 Å². The first kappa shape index (κ1) is 24.3. The van der Waals surface area contributed by atoms with Gasteiger partial charge in [0.15, 0.2) is 11.6 Å². The van der Waals surface area contributed by atoms with Gasteiger partial charge in [-0.15, -0.1) is 0 Å². The molecule has 0 saturated carbocycles. The van der Waals surface area contributed by atoms with E-state index >= 15 is 0 Å². The molecule has 0 heterocycles. The molecule has 1 aromatic carbocycles. The minimum absolute atomic E-state index is 0.169. The molecule has 9 nitrogen and oxygen atoms in total. The molecule has 0 atom stereocenters. The Bertz CT molecular complexity index is 750. The zero-order chi connectivity index (χ0) is 20.0. The van der Waals surface area contributed by atoms with Gasteiger partial charge in [-0.2, -0.15) is 13.7 Å². The number of hydrogen-bond acceptors (Lipinski definition) is 8. The molecular formula is C15H17NO8S. The first-order valence-corrected chi connectivity index (χ1v) is 7.75. The van der Waals surface area contributed by atoms with Crippen molar-refractivity contribution in [2.45, 2.75) is 6.92 Å². The van der Waals surface area contributed by atoms with Crippen molar-refractivity contribution in [3.8, 4) is 17.6 Å². The van der Waals surface area contributed by atoms with Gasteiger partial charge < -0.3 is 15.3 Å². The van der Waals surface area contributed by atoms with Crippen LogP contribution in [0.15, 0.2) is 47.4 Å². The van der Waals surface area contributed by atoms with Gasteiger partial charge in [-0.3, -0.25) is 14.1 Å². The van der Waals surface area contributed by atoms with Gasteiger partial charge in [0, 0.05) is 20.1 Å². The molecule has 0 spiro atoms. The van der Waals surface area contributed by atoms with Gasteiger partial charge in [0.2, 0.25) is 0 Å². The van der Waals surface area contributed by atoms with Crippen LogP contribution in [0, 0.1) is 11.3 Å². The summed E-state index contributed by atoms with van der Waals surface area (Å²) in [5.41, 5.74) is 0. The molecule has 0 amide bonds. The fraction of sp³-hybridized carbons (Fsp3) is 0.133. The molecule has 1 aliphatic rings. The lowest BCUT2D eigenvalue weighted by Crippen LogP contribution is -2.15. The third-order valence-corrected chi connectivity index (χ3v) is 2.92. The number of aliphatic hydroxyl groups is 1. The lowest BCUT2D eigenvalue weighted by Gasteiger charge is -2.01. The molecule has 136 valence electrons. The zero-order valence-electron chi connectivity index (χ0n) is 13.3. The Balaban J connectivity index is 0. The number of benzene rings is 1. The third kappa shape index (κ3) is 11.2. The van der Waals surface area contributed by atoms with Crippen molar-refractivity contribution in [1.82, 2.24) is 0 Å². The van der Waals surface area contributed by atoms with E-state index in [9.17, 15) is 18.0 Å².